The number of aryl methyl sites for hydroxylation is 1. The molecule has 3 N–H and O–H groups in total. The second kappa shape index (κ2) is 5.36. The molecule has 2 aromatic rings. The molecule has 2 heterocycles. The molecule has 0 fully saturated rings. The van der Waals surface area contributed by atoms with E-state index in [1.165, 1.54) is 29.3 Å². The van der Waals surface area contributed by atoms with Gasteiger partial charge in [-0.15, -0.1) is 11.3 Å². The van der Waals surface area contributed by atoms with E-state index >= 15 is 0 Å². The summed E-state index contributed by atoms with van der Waals surface area (Å²) in [4.78, 5) is 20.3. The van der Waals surface area contributed by atoms with Crippen LogP contribution in [0.15, 0.2) is 23.5 Å². The molecule has 0 bridgehead atoms. The third kappa shape index (κ3) is 2.80. The van der Waals surface area contributed by atoms with Crippen LogP contribution >= 0.6 is 23.1 Å². The number of thiophene rings is 1. The number of aromatic carboxylic acids is 1. The van der Waals surface area contributed by atoms with Crippen molar-refractivity contribution >= 4 is 34.9 Å². The first-order valence-corrected chi connectivity index (χ1v) is 6.90. The van der Waals surface area contributed by atoms with Crippen LogP contribution in [0.3, 0.4) is 0 Å². The number of anilines is 1. The molecule has 0 aliphatic rings. The van der Waals surface area contributed by atoms with E-state index in [4.69, 9.17) is 10.8 Å². The van der Waals surface area contributed by atoms with Crippen LogP contribution in [0.1, 0.15) is 20.1 Å². The van der Waals surface area contributed by atoms with E-state index in [9.17, 15) is 4.79 Å². The molecule has 0 aromatic carbocycles. The molecule has 7 heteroatoms. The summed E-state index contributed by atoms with van der Waals surface area (Å²) in [5.41, 5.74) is 6.68. The minimum atomic E-state index is -0.890. The van der Waals surface area contributed by atoms with E-state index in [0.29, 0.717) is 21.5 Å². The topological polar surface area (TPSA) is 89.1 Å². The van der Waals surface area contributed by atoms with Gasteiger partial charge < -0.3 is 10.8 Å². The number of hydrogen-bond donors (Lipinski definition) is 2. The average Bonchev–Trinajstić information content (AvgIpc) is 2.70. The fourth-order valence-corrected chi connectivity index (χ4v) is 3.26. The zero-order valence-electron chi connectivity index (χ0n) is 9.58. The lowest BCUT2D eigenvalue weighted by molar-refractivity contribution is 0.0702. The van der Waals surface area contributed by atoms with Gasteiger partial charge >= 0.3 is 5.97 Å². The number of carbonyl (C=O) groups is 1. The molecule has 0 atom stereocenters. The highest BCUT2D eigenvalue weighted by Crippen LogP contribution is 2.29. The molecule has 0 unspecified atom stereocenters. The molecule has 0 aliphatic carbocycles. The van der Waals surface area contributed by atoms with Gasteiger partial charge in [0.25, 0.3) is 0 Å². The van der Waals surface area contributed by atoms with E-state index in [2.05, 4.69) is 9.97 Å². The van der Waals surface area contributed by atoms with Gasteiger partial charge in [0.15, 0.2) is 5.82 Å². The van der Waals surface area contributed by atoms with E-state index in [1.807, 2.05) is 6.92 Å². The van der Waals surface area contributed by atoms with E-state index < -0.39 is 5.97 Å². The van der Waals surface area contributed by atoms with E-state index in [-0.39, 0.29) is 0 Å². The Kier molecular flexibility index (Phi) is 3.83. The average molecular weight is 281 g/mol. The number of thioether (sulfide) groups is 1. The lowest BCUT2D eigenvalue weighted by Gasteiger charge is -2.02. The molecule has 5 nitrogen and oxygen atoms in total. The maximum atomic E-state index is 10.9. The van der Waals surface area contributed by atoms with Gasteiger partial charge in [-0.3, -0.25) is 0 Å². The summed E-state index contributed by atoms with van der Waals surface area (Å²) >= 11 is 2.74. The summed E-state index contributed by atoms with van der Waals surface area (Å²) in [6.45, 7) is 1.91. The van der Waals surface area contributed by atoms with Crippen LogP contribution in [0, 0.1) is 6.92 Å². The fourth-order valence-electron chi connectivity index (χ4n) is 1.36. The minimum Gasteiger partial charge on any atom is -0.477 e. The lowest BCUT2D eigenvalue weighted by Crippen LogP contribution is -1.95. The number of nitrogens with two attached hydrogens (primary N) is 1. The van der Waals surface area contributed by atoms with Crippen LogP contribution in [0.2, 0.25) is 0 Å². The lowest BCUT2D eigenvalue weighted by atomic mass is 10.3. The number of nitrogens with zero attached hydrogens (tertiary/aromatic N) is 2. The van der Waals surface area contributed by atoms with Gasteiger partial charge in [0.1, 0.15) is 9.90 Å². The molecule has 94 valence electrons. The van der Waals surface area contributed by atoms with Crippen molar-refractivity contribution in [3.8, 4) is 0 Å². The van der Waals surface area contributed by atoms with Crippen LogP contribution < -0.4 is 5.73 Å². The molecule has 0 saturated carbocycles. The smallest absolute Gasteiger partial charge is 0.345 e. The summed E-state index contributed by atoms with van der Waals surface area (Å²) in [5, 5.41) is 9.58. The Hall–Kier alpha value is -1.60. The summed E-state index contributed by atoms with van der Waals surface area (Å²) in [5.74, 6) is 0.144. The summed E-state index contributed by atoms with van der Waals surface area (Å²) in [7, 11) is 0. The predicted molar refractivity (Wildman–Crippen MR) is 72.0 cm³/mol. The van der Waals surface area contributed by atoms with Gasteiger partial charge in [0.2, 0.25) is 0 Å². The molecule has 0 aliphatic heterocycles. The van der Waals surface area contributed by atoms with Gasteiger partial charge in [-0.05, 0) is 18.6 Å². The van der Waals surface area contributed by atoms with Crippen molar-refractivity contribution in [1.29, 1.82) is 0 Å². The third-order valence-electron chi connectivity index (χ3n) is 2.29. The maximum Gasteiger partial charge on any atom is 0.345 e. The van der Waals surface area contributed by atoms with Gasteiger partial charge in [0, 0.05) is 23.0 Å². The van der Waals surface area contributed by atoms with Crippen molar-refractivity contribution in [3.63, 3.8) is 0 Å². The number of rotatable bonds is 4. The Morgan fingerprint density at radius 1 is 1.50 bits per heavy atom. The van der Waals surface area contributed by atoms with Crippen molar-refractivity contribution < 1.29 is 9.90 Å². The molecular formula is C11H11N3O2S2. The highest BCUT2D eigenvalue weighted by Gasteiger charge is 2.12. The predicted octanol–water partition coefficient (Wildman–Crippen LogP) is 2.42. The molecular weight excluding hydrogens is 270 g/mol. The Bertz CT molecular complexity index is 583. The second-order valence-electron chi connectivity index (χ2n) is 3.53. The molecule has 0 saturated heterocycles. The number of nitrogen functional groups attached to an aromatic ring is 1. The molecule has 2 aromatic heterocycles. The Morgan fingerprint density at radius 2 is 2.22 bits per heavy atom. The molecule has 0 amide bonds. The molecule has 18 heavy (non-hydrogen) atoms. The van der Waals surface area contributed by atoms with Gasteiger partial charge in [-0.1, -0.05) is 11.8 Å². The Balaban J connectivity index is 2.11. The molecule has 0 spiro atoms. The number of carboxylic acids is 1. The minimum absolute atomic E-state index is 0.357. The van der Waals surface area contributed by atoms with Crippen molar-refractivity contribution in [1.82, 2.24) is 9.97 Å². The van der Waals surface area contributed by atoms with Crippen molar-refractivity contribution in [2.75, 3.05) is 5.73 Å². The third-order valence-corrected chi connectivity index (χ3v) is 4.41. The number of aromatic nitrogens is 2. The van der Waals surface area contributed by atoms with Crippen LogP contribution in [0.25, 0.3) is 0 Å². The standard InChI is InChI=1S/C11H11N3O2S2/c1-6-7(4-8(18-6)11(15)16)5-17-10-9(12)13-2-3-14-10/h2-4H,5H2,1H3,(H2,12,13)(H,15,16). The first-order chi connectivity index (χ1) is 8.58. The summed E-state index contributed by atoms with van der Waals surface area (Å²) in [6, 6.07) is 1.70. The Labute approximate surface area is 112 Å². The SMILES string of the molecule is Cc1sc(C(=O)O)cc1CSc1nccnc1N. The van der Waals surface area contributed by atoms with Gasteiger partial charge in [-0.2, -0.15) is 0 Å². The van der Waals surface area contributed by atoms with E-state index in [0.717, 1.165) is 10.4 Å². The molecule has 0 radical (unpaired) electrons. The van der Waals surface area contributed by atoms with Crippen LogP contribution in [-0.4, -0.2) is 21.0 Å². The highest BCUT2D eigenvalue weighted by molar-refractivity contribution is 7.98. The highest BCUT2D eigenvalue weighted by atomic mass is 32.2. The summed E-state index contributed by atoms with van der Waals surface area (Å²) in [6.07, 6.45) is 3.12. The zero-order valence-corrected chi connectivity index (χ0v) is 11.2. The first kappa shape index (κ1) is 12.8. The van der Waals surface area contributed by atoms with E-state index in [1.54, 1.807) is 12.3 Å². The van der Waals surface area contributed by atoms with Crippen LogP contribution in [-0.2, 0) is 5.75 Å². The largest absolute Gasteiger partial charge is 0.477 e. The summed E-state index contributed by atoms with van der Waals surface area (Å²) < 4.78 is 0. The van der Waals surface area contributed by atoms with Gasteiger partial charge in [0.05, 0.1) is 0 Å². The number of hydrogen-bond acceptors (Lipinski definition) is 6. The van der Waals surface area contributed by atoms with Crippen molar-refractivity contribution in [3.05, 3.63) is 33.8 Å². The fraction of sp³-hybridized carbons (Fsp3) is 0.182. The van der Waals surface area contributed by atoms with Crippen molar-refractivity contribution in [2.24, 2.45) is 0 Å². The molecule has 2 rings (SSSR count). The monoisotopic (exact) mass is 281 g/mol. The quantitative estimate of drug-likeness (QED) is 0.837. The number of carboxylic acid groups (broad SMARTS) is 1. The second-order valence-corrected chi connectivity index (χ2v) is 5.75. The van der Waals surface area contributed by atoms with Crippen LogP contribution in [0.5, 0.6) is 0 Å². The van der Waals surface area contributed by atoms with Crippen LogP contribution in [0.4, 0.5) is 5.82 Å². The zero-order chi connectivity index (χ0) is 13.1. The van der Waals surface area contributed by atoms with Gasteiger partial charge in [-0.25, -0.2) is 14.8 Å². The van der Waals surface area contributed by atoms with Crippen molar-refractivity contribution in [2.45, 2.75) is 17.7 Å². The maximum absolute atomic E-state index is 10.9. The first-order valence-electron chi connectivity index (χ1n) is 5.10. The Morgan fingerprint density at radius 3 is 2.83 bits per heavy atom. The normalized spacial score (nSPS) is 10.5.